The van der Waals surface area contributed by atoms with Crippen LogP contribution in [0.3, 0.4) is 0 Å². The van der Waals surface area contributed by atoms with Crippen LogP contribution in [0, 0.1) is 0 Å². The summed E-state index contributed by atoms with van der Waals surface area (Å²) in [6.45, 7) is 8.97. The molecule has 6 aromatic carbocycles. The SMILES string of the molecule is CCCCCCCCOc1ccc(C(=O)Oc2ccc(C(=O)Oc3ccc(C(=O)O[C@H](C)COC[C@H](C)OC(=O)c4ccc(OC(=O)c5ccc(OC(=O)c6ccc(OCCCCCCCC)cc6)cc5)cc4)cc3)cc2)cc1. The highest BCUT2D eigenvalue weighted by molar-refractivity contribution is 5.95. The minimum atomic E-state index is -0.658. The lowest BCUT2D eigenvalue weighted by atomic mass is 10.1. The lowest BCUT2D eigenvalue weighted by Crippen LogP contribution is -2.25. The number of rotatable bonds is 32. The number of esters is 6. The molecule has 6 aromatic rings. The van der Waals surface area contributed by atoms with E-state index < -0.39 is 48.0 Å². The number of hydrogen-bond acceptors (Lipinski definition) is 15. The van der Waals surface area contributed by atoms with Gasteiger partial charge in [-0.25, -0.2) is 28.8 Å². The van der Waals surface area contributed by atoms with Gasteiger partial charge in [-0.05, 0) is 172 Å². The van der Waals surface area contributed by atoms with Crippen molar-refractivity contribution in [1.29, 1.82) is 0 Å². The van der Waals surface area contributed by atoms with Crippen molar-refractivity contribution in [2.24, 2.45) is 0 Å². The molecule has 15 heteroatoms. The Kier molecular flexibility index (Phi) is 24.6. The lowest BCUT2D eigenvalue weighted by Gasteiger charge is -2.17. The van der Waals surface area contributed by atoms with Gasteiger partial charge in [-0.15, -0.1) is 0 Å². The van der Waals surface area contributed by atoms with E-state index in [1.54, 1.807) is 62.4 Å². The Bertz CT molecular complexity index is 2650. The molecule has 0 aromatic heterocycles. The van der Waals surface area contributed by atoms with E-state index in [-0.39, 0.29) is 58.5 Å². The summed E-state index contributed by atoms with van der Waals surface area (Å²) in [5.74, 6) is -1.41. The third-order valence-corrected chi connectivity index (χ3v) is 12.2. The first-order valence-corrected chi connectivity index (χ1v) is 27.1. The second-order valence-electron chi connectivity index (χ2n) is 18.9. The van der Waals surface area contributed by atoms with Crippen molar-refractivity contribution in [3.8, 4) is 34.5 Å². The summed E-state index contributed by atoms with van der Waals surface area (Å²) in [6.07, 6.45) is 12.8. The Morgan fingerprint density at radius 1 is 0.304 bits per heavy atom. The fraction of sp³-hybridized carbons (Fsp3) is 0.344. The van der Waals surface area contributed by atoms with Crippen LogP contribution in [-0.4, -0.2) is 74.5 Å². The van der Waals surface area contributed by atoms with Crippen molar-refractivity contribution in [2.75, 3.05) is 26.4 Å². The average molecular weight is 1080 g/mol. The van der Waals surface area contributed by atoms with Crippen molar-refractivity contribution >= 4 is 35.8 Å². The predicted octanol–water partition coefficient (Wildman–Crippen LogP) is 13.8. The topological polar surface area (TPSA) is 185 Å². The Labute approximate surface area is 462 Å². The van der Waals surface area contributed by atoms with Crippen LogP contribution in [-0.2, 0) is 14.2 Å². The fourth-order valence-electron chi connectivity index (χ4n) is 7.79. The predicted molar refractivity (Wildman–Crippen MR) is 297 cm³/mol. The average Bonchev–Trinajstić information content (AvgIpc) is 3.46. The van der Waals surface area contributed by atoms with Crippen LogP contribution >= 0.6 is 0 Å². The molecule has 0 fully saturated rings. The highest BCUT2D eigenvalue weighted by Crippen LogP contribution is 2.23. The maximum absolute atomic E-state index is 12.9. The summed E-state index contributed by atoms with van der Waals surface area (Å²) in [4.78, 5) is 76.9. The summed E-state index contributed by atoms with van der Waals surface area (Å²) in [6, 6.07) is 37.1. The molecular weight excluding hydrogens is 1010 g/mol. The molecule has 0 saturated heterocycles. The molecule has 6 rings (SSSR count). The molecule has 0 N–H and O–H groups in total. The van der Waals surface area contributed by atoms with E-state index in [2.05, 4.69) is 13.8 Å². The maximum atomic E-state index is 12.9. The zero-order valence-corrected chi connectivity index (χ0v) is 45.4. The van der Waals surface area contributed by atoms with Crippen molar-refractivity contribution in [3.63, 3.8) is 0 Å². The van der Waals surface area contributed by atoms with Crippen molar-refractivity contribution in [1.82, 2.24) is 0 Å². The van der Waals surface area contributed by atoms with E-state index in [1.807, 2.05) is 0 Å². The van der Waals surface area contributed by atoms with Gasteiger partial charge in [0.2, 0.25) is 0 Å². The van der Waals surface area contributed by atoms with Crippen LogP contribution in [0.1, 0.15) is 167 Å². The molecule has 0 unspecified atom stereocenters. The van der Waals surface area contributed by atoms with Crippen LogP contribution in [0.25, 0.3) is 0 Å². The maximum Gasteiger partial charge on any atom is 0.343 e. The van der Waals surface area contributed by atoms with Gasteiger partial charge in [-0.2, -0.15) is 0 Å². The normalized spacial score (nSPS) is 11.6. The molecule has 416 valence electrons. The Morgan fingerprint density at radius 3 is 0.797 bits per heavy atom. The summed E-state index contributed by atoms with van der Waals surface area (Å²) >= 11 is 0. The first kappa shape index (κ1) is 59.9. The molecule has 0 bridgehead atoms. The highest BCUT2D eigenvalue weighted by atomic mass is 16.6. The van der Waals surface area contributed by atoms with Gasteiger partial charge in [-0.1, -0.05) is 78.1 Å². The Balaban J connectivity index is 0.832. The van der Waals surface area contributed by atoms with Gasteiger partial charge in [0.15, 0.2) is 0 Å². The van der Waals surface area contributed by atoms with E-state index in [0.717, 1.165) is 25.7 Å². The van der Waals surface area contributed by atoms with Crippen LogP contribution in [0.2, 0.25) is 0 Å². The Hall–Kier alpha value is -8.30. The molecule has 0 aliphatic carbocycles. The molecule has 0 amide bonds. The van der Waals surface area contributed by atoms with E-state index >= 15 is 0 Å². The number of unbranched alkanes of at least 4 members (excludes halogenated alkanes) is 10. The molecule has 0 aliphatic rings. The van der Waals surface area contributed by atoms with Gasteiger partial charge in [-0.3, -0.25) is 0 Å². The van der Waals surface area contributed by atoms with Gasteiger partial charge in [0.25, 0.3) is 0 Å². The van der Waals surface area contributed by atoms with Crippen molar-refractivity contribution < 1.29 is 71.4 Å². The van der Waals surface area contributed by atoms with Crippen LogP contribution in [0.15, 0.2) is 146 Å². The molecule has 0 spiro atoms. The molecule has 2 atom stereocenters. The molecule has 15 nitrogen and oxygen atoms in total. The first-order valence-electron chi connectivity index (χ1n) is 27.1. The number of benzene rings is 6. The molecule has 0 aliphatic heterocycles. The van der Waals surface area contributed by atoms with Crippen LogP contribution in [0.4, 0.5) is 0 Å². The zero-order valence-electron chi connectivity index (χ0n) is 45.4. The van der Waals surface area contributed by atoms with Gasteiger partial charge in [0.1, 0.15) is 46.7 Å². The molecule has 0 radical (unpaired) electrons. The number of hydrogen-bond donors (Lipinski definition) is 0. The van der Waals surface area contributed by atoms with E-state index in [9.17, 15) is 28.8 Å². The van der Waals surface area contributed by atoms with Crippen molar-refractivity contribution in [3.05, 3.63) is 179 Å². The largest absolute Gasteiger partial charge is 0.494 e. The molecular formula is C64H70O15. The van der Waals surface area contributed by atoms with E-state index in [1.165, 1.54) is 148 Å². The quantitative estimate of drug-likeness (QED) is 0.0220. The standard InChI is InChI=1S/C64H70O15/c1-5-7-9-11-13-15-41-72-53-29-17-49(18-30-53)61(67)76-57-37-25-51(26-38-57)63(69)78-55-33-21-47(22-34-55)59(65)74-45(3)43-71-44-46(4)75-60(66)48-23-35-56(36-24-48)79-64(70)52-27-39-58(40-28-52)77-62(68)50-19-31-54(32-20-50)73-42-16-14-12-10-8-6-2/h17-40,45-46H,5-16,41-44H2,1-4H3/t45-,46+. The lowest BCUT2D eigenvalue weighted by molar-refractivity contribution is -0.0262. The van der Waals surface area contributed by atoms with E-state index in [4.69, 9.17) is 42.6 Å². The number of carbonyl (C=O) groups excluding carboxylic acids is 6. The third kappa shape index (κ3) is 20.9. The third-order valence-electron chi connectivity index (χ3n) is 12.2. The van der Waals surface area contributed by atoms with Gasteiger partial charge >= 0.3 is 35.8 Å². The van der Waals surface area contributed by atoms with Crippen molar-refractivity contribution in [2.45, 2.75) is 117 Å². The van der Waals surface area contributed by atoms with Gasteiger partial charge in [0.05, 0.1) is 59.8 Å². The molecule has 0 saturated carbocycles. The number of ether oxygens (including phenoxy) is 9. The first-order chi connectivity index (χ1) is 38.4. The van der Waals surface area contributed by atoms with Gasteiger partial charge < -0.3 is 42.6 Å². The van der Waals surface area contributed by atoms with E-state index in [0.29, 0.717) is 35.8 Å². The fourth-order valence-corrected chi connectivity index (χ4v) is 7.79. The summed E-state index contributed by atoms with van der Waals surface area (Å²) < 4.78 is 50.2. The minimum absolute atomic E-state index is 0.0151. The monoisotopic (exact) mass is 1080 g/mol. The van der Waals surface area contributed by atoms with Crippen LogP contribution < -0.4 is 28.4 Å². The second kappa shape index (κ2) is 32.4. The smallest absolute Gasteiger partial charge is 0.343 e. The Morgan fingerprint density at radius 2 is 0.532 bits per heavy atom. The highest BCUT2D eigenvalue weighted by Gasteiger charge is 2.19. The second-order valence-corrected chi connectivity index (χ2v) is 18.9. The van der Waals surface area contributed by atoms with Gasteiger partial charge in [0, 0.05) is 0 Å². The summed E-state index contributed by atoms with van der Waals surface area (Å²) in [5.41, 5.74) is 1.58. The zero-order chi connectivity index (χ0) is 56.2. The summed E-state index contributed by atoms with van der Waals surface area (Å²) in [7, 11) is 0. The van der Waals surface area contributed by atoms with Crippen LogP contribution in [0.5, 0.6) is 34.5 Å². The number of carbonyl (C=O) groups is 6. The molecule has 0 heterocycles. The summed E-state index contributed by atoms with van der Waals surface area (Å²) in [5, 5.41) is 0. The molecule has 79 heavy (non-hydrogen) atoms. The minimum Gasteiger partial charge on any atom is -0.494 e.